The summed E-state index contributed by atoms with van der Waals surface area (Å²) >= 11 is 0. The van der Waals surface area contributed by atoms with Gasteiger partial charge >= 0.3 is 0 Å². The van der Waals surface area contributed by atoms with Crippen LogP contribution in [0.2, 0.25) is 0 Å². The van der Waals surface area contributed by atoms with Crippen LogP contribution in [0.15, 0.2) is 30.6 Å². The van der Waals surface area contributed by atoms with Crippen molar-refractivity contribution in [2.24, 2.45) is 0 Å². The average molecular weight is 199 g/mol. The van der Waals surface area contributed by atoms with Gasteiger partial charge in [-0.3, -0.25) is 0 Å². The molecule has 0 fully saturated rings. The third kappa shape index (κ3) is 1.96. The van der Waals surface area contributed by atoms with Crippen molar-refractivity contribution >= 4 is 5.69 Å². The van der Waals surface area contributed by atoms with Crippen LogP contribution in [0.3, 0.4) is 0 Å². The van der Waals surface area contributed by atoms with Crippen molar-refractivity contribution in [3.05, 3.63) is 41.9 Å². The first-order chi connectivity index (χ1) is 7.16. The van der Waals surface area contributed by atoms with E-state index >= 15 is 0 Å². The Hall–Kier alpha value is -1.90. The minimum atomic E-state index is 0.795. The first-order valence-electron chi connectivity index (χ1n) is 4.82. The molecule has 1 aromatic carbocycles. The summed E-state index contributed by atoms with van der Waals surface area (Å²) in [6.45, 7) is 3.94. The number of benzene rings is 1. The Labute approximate surface area is 89.0 Å². The lowest BCUT2D eigenvalue weighted by molar-refractivity contribution is 1.11. The second-order valence-corrected chi connectivity index (χ2v) is 3.62. The average Bonchev–Trinajstić information content (AvgIpc) is 2.22. The molecular formula is C12H13N3. The van der Waals surface area contributed by atoms with Crippen LogP contribution in [0.1, 0.15) is 11.3 Å². The standard InChI is InChI=1S/C12H13N3/c1-8-3-4-10(6-11(8)13)12-5-9(2)14-7-15-12/h3-7H,13H2,1-2H3. The van der Waals surface area contributed by atoms with E-state index in [4.69, 9.17) is 5.73 Å². The monoisotopic (exact) mass is 199 g/mol. The zero-order chi connectivity index (χ0) is 10.8. The van der Waals surface area contributed by atoms with E-state index in [2.05, 4.69) is 9.97 Å². The molecule has 0 amide bonds. The second-order valence-electron chi connectivity index (χ2n) is 3.62. The third-order valence-corrected chi connectivity index (χ3v) is 2.38. The van der Waals surface area contributed by atoms with Crippen molar-refractivity contribution < 1.29 is 0 Å². The lowest BCUT2D eigenvalue weighted by Gasteiger charge is -2.04. The van der Waals surface area contributed by atoms with E-state index in [0.29, 0.717) is 0 Å². The van der Waals surface area contributed by atoms with Crippen LogP contribution in [-0.4, -0.2) is 9.97 Å². The molecule has 0 bridgehead atoms. The van der Waals surface area contributed by atoms with Gasteiger partial charge in [0.1, 0.15) is 6.33 Å². The molecule has 0 unspecified atom stereocenters. The molecule has 3 heteroatoms. The molecule has 3 nitrogen and oxygen atoms in total. The molecular weight excluding hydrogens is 186 g/mol. The predicted molar refractivity (Wildman–Crippen MR) is 61.4 cm³/mol. The topological polar surface area (TPSA) is 51.8 Å². The molecule has 0 aliphatic heterocycles. The van der Waals surface area contributed by atoms with Gasteiger partial charge in [-0.05, 0) is 31.5 Å². The molecule has 15 heavy (non-hydrogen) atoms. The number of anilines is 1. The Balaban J connectivity index is 2.50. The number of nitrogens with zero attached hydrogens (tertiary/aromatic N) is 2. The highest BCUT2D eigenvalue weighted by molar-refractivity contribution is 5.65. The van der Waals surface area contributed by atoms with Crippen LogP contribution in [0.25, 0.3) is 11.3 Å². The molecule has 76 valence electrons. The molecule has 2 aromatic rings. The SMILES string of the molecule is Cc1cc(-c2ccc(C)c(N)c2)ncn1. The molecule has 0 aliphatic rings. The van der Waals surface area contributed by atoms with Gasteiger partial charge in [0.05, 0.1) is 5.69 Å². The lowest BCUT2D eigenvalue weighted by Crippen LogP contribution is -1.92. The number of rotatable bonds is 1. The molecule has 1 heterocycles. The summed E-state index contributed by atoms with van der Waals surface area (Å²) in [5, 5.41) is 0. The lowest BCUT2D eigenvalue weighted by atomic mass is 10.1. The Bertz CT molecular complexity index is 492. The Morgan fingerprint density at radius 1 is 1.07 bits per heavy atom. The van der Waals surface area contributed by atoms with Crippen molar-refractivity contribution in [1.29, 1.82) is 0 Å². The van der Waals surface area contributed by atoms with Gasteiger partial charge in [0.25, 0.3) is 0 Å². The molecule has 0 radical (unpaired) electrons. The molecule has 2 rings (SSSR count). The first kappa shape index (κ1) is 9.65. The highest BCUT2D eigenvalue weighted by atomic mass is 14.8. The number of hydrogen-bond acceptors (Lipinski definition) is 3. The third-order valence-electron chi connectivity index (χ3n) is 2.38. The first-order valence-corrected chi connectivity index (χ1v) is 4.82. The van der Waals surface area contributed by atoms with Crippen molar-refractivity contribution in [2.75, 3.05) is 5.73 Å². The van der Waals surface area contributed by atoms with Crippen LogP contribution < -0.4 is 5.73 Å². The minimum Gasteiger partial charge on any atom is -0.398 e. The van der Waals surface area contributed by atoms with Crippen molar-refractivity contribution in [2.45, 2.75) is 13.8 Å². The van der Waals surface area contributed by atoms with Gasteiger partial charge < -0.3 is 5.73 Å². The number of aryl methyl sites for hydroxylation is 2. The molecule has 0 spiro atoms. The summed E-state index contributed by atoms with van der Waals surface area (Å²) in [6, 6.07) is 7.91. The number of aromatic nitrogens is 2. The summed E-state index contributed by atoms with van der Waals surface area (Å²) in [6.07, 6.45) is 1.57. The molecule has 0 atom stereocenters. The summed E-state index contributed by atoms with van der Waals surface area (Å²) in [5.41, 5.74) is 10.6. The highest BCUT2D eigenvalue weighted by Gasteiger charge is 2.01. The van der Waals surface area contributed by atoms with Gasteiger partial charge in [0.15, 0.2) is 0 Å². The Morgan fingerprint density at radius 3 is 2.53 bits per heavy atom. The van der Waals surface area contributed by atoms with Crippen LogP contribution in [0.5, 0.6) is 0 Å². The minimum absolute atomic E-state index is 0.795. The van der Waals surface area contributed by atoms with Gasteiger partial charge in [-0.25, -0.2) is 9.97 Å². The number of nitrogen functional groups attached to an aromatic ring is 1. The zero-order valence-corrected chi connectivity index (χ0v) is 8.86. The van der Waals surface area contributed by atoms with E-state index < -0.39 is 0 Å². The van der Waals surface area contributed by atoms with Crippen molar-refractivity contribution in [3.8, 4) is 11.3 Å². The quantitative estimate of drug-likeness (QED) is 0.717. The maximum atomic E-state index is 5.85. The fraction of sp³-hybridized carbons (Fsp3) is 0.167. The second kappa shape index (κ2) is 3.69. The summed E-state index contributed by atoms with van der Waals surface area (Å²) in [5.74, 6) is 0. The van der Waals surface area contributed by atoms with Gasteiger partial charge in [-0.2, -0.15) is 0 Å². The van der Waals surface area contributed by atoms with E-state index in [0.717, 1.165) is 28.2 Å². The maximum absolute atomic E-state index is 5.85. The van der Waals surface area contributed by atoms with Crippen LogP contribution in [-0.2, 0) is 0 Å². The highest BCUT2D eigenvalue weighted by Crippen LogP contribution is 2.21. The van der Waals surface area contributed by atoms with Crippen LogP contribution >= 0.6 is 0 Å². The predicted octanol–water partition coefficient (Wildman–Crippen LogP) is 2.34. The Kier molecular flexibility index (Phi) is 2.37. The smallest absolute Gasteiger partial charge is 0.116 e. The Morgan fingerprint density at radius 2 is 1.87 bits per heavy atom. The summed E-state index contributed by atoms with van der Waals surface area (Å²) in [7, 11) is 0. The summed E-state index contributed by atoms with van der Waals surface area (Å²) in [4.78, 5) is 8.28. The largest absolute Gasteiger partial charge is 0.398 e. The van der Waals surface area contributed by atoms with E-state index in [1.807, 2.05) is 38.1 Å². The maximum Gasteiger partial charge on any atom is 0.116 e. The normalized spacial score (nSPS) is 10.3. The fourth-order valence-corrected chi connectivity index (χ4v) is 1.41. The van der Waals surface area contributed by atoms with E-state index in [1.165, 1.54) is 0 Å². The number of hydrogen-bond donors (Lipinski definition) is 1. The molecule has 0 saturated carbocycles. The van der Waals surface area contributed by atoms with Gasteiger partial charge in [0.2, 0.25) is 0 Å². The molecule has 1 aromatic heterocycles. The number of nitrogens with two attached hydrogens (primary N) is 1. The van der Waals surface area contributed by atoms with Crippen molar-refractivity contribution in [3.63, 3.8) is 0 Å². The van der Waals surface area contributed by atoms with Gasteiger partial charge in [-0.1, -0.05) is 12.1 Å². The fourth-order valence-electron chi connectivity index (χ4n) is 1.41. The van der Waals surface area contributed by atoms with E-state index in [-0.39, 0.29) is 0 Å². The van der Waals surface area contributed by atoms with Gasteiger partial charge in [0, 0.05) is 16.9 Å². The molecule has 0 aliphatic carbocycles. The summed E-state index contributed by atoms with van der Waals surface area (Å²) < 4.78 is 0. The van der Waals surface area contributed by atoms with Gasteiger partial charge in [-0.15, -0.1) is 0 Å². The van der Waals surface area contributed by atoms with E-state index in [1.54, 1.807) is 6.33 Å². The van der Waals surface area contributed by atoms with E-state index in [9.17, 15) is 0 Å². The molecule has 0 saturated heterocycles. The van der Waals surface area contributed by atoms with Crippen molar-refractivity contribution in [1.82, 2.24) is 9.97 Å². The molecule has 2 N–H and O–H groups in total. The zero-order valence-electron chi connectivity index (χ0n) is 8.86. The van der Waals surface area contributed by atoms with Crippen LogP contribution in [0.4, 0.5) is 5.69 Å². The van der Waals surface area contributed by atoms with Crippen LogP contribution in [0, 0.1) is 13.8 Å².